The van der Waals surface area contributed by atoms with Crippen molar-refractivity contribution in [3.8, 4) is 0 Å². The zero-order valence-corrected chi connectivity index (χ0v) is 7.31. The number of nitrogens with zero attached hydrogens (tertiary/aromatic N) is 3. The quantitative estimate of drug-likeness (QED) is 0.434. The van der Waals surface area contributed by atoms with Crippen LogP contribution in [-0.2, 0) is 9.63 Å². The molecule has 5 heteroatoms. The first-order valence-corrected chi connectivity index (χ1v) is 3.56. The summed E-state index contributed by atoms with van der Waals surface area (Å²) in [5, 5.41) is 8.78. The van der Waals surface area contributed by atoms with Gasteiger partial charge >= 0.3 is 0 Å². The Bertz CT molecular complexity index is 247. The summed E-state index contributed by atoms with van der Waals surface area (Å²) < 4.78 is 0. The highest BCUT2D eigenvalue weighted by Crippen LogP contribution is 2.09. The Morgan fingerprint density at radius 2 is 2.50 bits per heavy atom. The Morgan fingerprint density at radius 1 is 1.83 bits per heavy atom. The summed E-state index contributed by atoms with van der Waals surface area (Å²) in [5.41, 5.74) is 0.621. The number of carbonyl (C=O) groups excluding carboxylic acids is 1. The SMILES string of the molecule is CO/N=C(\C)C1C=NN(C)C1=O. The summed E-state index contributed by atoms with van der Waals surface area (Å²) in [4.78, 5) is 15.8. The molecule has 1 unspecified atom stereocenters. The lowest BCUT2D eigenvalue weighted by molar-refractivity contribution is -0.128. The van der Waals surface area contributed by atoms with E-state index >= 15 is 0 Å². The maximum Gasteiger partial charge on any atom is 0.256 e. The maximum absolute atomic E-state index is 11.3. The van der Waals surface area contributed by atoms with Gasteiger partial charge < -0.3 is 4.84 Å². The van der Waals surface area contributed by atoms with Crippen molar-refractivity contribution in [2.45, 2.75) is 6.92 Å². The molecule has 66 valence electrons. The van der Waals surface area contributed by atoms with E-state index in [0.717, 1.165) is 0 Å². The van der Waals surface area contributed by atoms with Gasteiger partial charge in [-0.25, -0.2) is 5.01 Å². The minimum atomic E-state index is -0.352. The molecule has 1 aliphatic heterocycles. The maximum atomic E-state index is 11.3. The number of hydrazone groups is 1. The zero-order valence-electron chi connectivity index (χ0n) is 7.31. The number of oxime groups is 1. The molecule has 0 aliphatic carbocycles. The Labute approximate surface area is 70.7 Å². The Hall–Kier alpha value is -1.39. The topological polar surface area (TPSA) is 54.3 Å². The largest absolute Gasteiger partial charge is 0.399 e. The monoisotopic (exact) mass is 169 g/mol. The second kappa shape index (κ2) is 3.34. The molecule has 0 aromatic carbocycles. The standard InChI is InChI=1S/C7H11N3O2/c1-5(9-12-3)6-4-8-10(2)7(6)11/h4,6H,1-3H3/b9-5+. The van der Waals surface area contributed by atoms with E-state index in [0.29, 0.717) is 5.71 Å². The molecule has 0 spiro atoms. The Kier molecular flexibility index (Phi) is 2.42. The lowest BCUT2D eigenvalue weighted by Crippen LogP contribution is -2.27. The number of amides is 1. The molecular weight excluding hydrogens is 158 g/mol. The summed E-state index contributed by atoms with van der Waals surface area (Å²) in [6.45, 7) is 1.73. The van der Waals surface area contributed by atoms with Crippen molar-refractivity contribution >= 4 is 17.8 Å². The third-order valence-electron chi connectivity index (χ3n) is 1.66. The number of rotatable bonds is 2. The average molecular weight is 169 g/mol. The average Bonchev–Trinajstić information content (AvgIpc) is 2.34. The van der Waals surface area contributed by atoms with E-state index < -0.39 is 0 Å². The van der Waals surface area contributed by atoms with Crippen molar-refractivity contribution in [3.05, 3.63) is 0 Å². The third-order valence-corrected chi connectivity index (χ3v) is 1.66. The summed E-state index contributed by atoms with van der Waals surface area (Å²) in [5.74, 6) is -0.428. The van der Waals surface area contributed by atoms with Crippen LogP contribution in [0.5, 0.6) is 0 Å². The Balaban J connectivity index is 2.73. The van der Waals surface area contributed by atoms with E-state index in [9.17, 15) is 4.79 Å². The van der Waals surface area contributed by atoms with Gasteiger partial charge in [0.2, 0.25) is 0 Å². The van der Waals surface area contributed by atoms with Crippen molar-refractivity contribution in [3.63, 3.8) is 0 Å². The van der Waals surface area contributed by atoms with Crippen molar-refractivity contribution in [1.82, 2.24) is 5.01 Å². The molecule has 1 aliphatic rings. The lowest BCUT2D eigenvalue weighted by Gasteiger charge is -2.06. The molecule has 1 atom stereocenters. The van der Waals surface area contributed by atoms with Gasteiger partial charge in [0, 0.05) is 13.3 Å². The van der Waals surface area contributed by atoms with Crippen molar-refractivity contribution < 1.29 is 9.63 Å². The highest BCUT2D eigenvalue weighted by molar-refractivity contribution is 6.16. The molecule has 1 amide bonds. The molecule has 5 nitrogen and oxygen atoms in total. The fourth-order valence-electron chi connectivity index (χ4n) is 0.976. The molecule has 1 rings (SSSR count). The van der Waals surface area contributed by atoms with Gasteiger partial charge in [-0.15, -0.1) is 0 Å². The lowest BCUT2D eigenvalue weighted by atomic mass is 10.1. The first-order chi connectivity index (χ1) is 5.66. The smallest absolute Gasteiger partial charge is 0.256 e. The van der Waals surface area contributed by atoms with Crippen LogP contribution < -0.4 is 0 Å². The molecule has 0 N–H and O–H groups in total. The summed E-state index contributed by atoms with van der Waals surface area (Å²) in [7, 11) is 3.06. The van der Waals surface area contributed by atoms with Crippen LogP contribution in [0.25, 0.3) is 0 Å². The van der Waals surface area contributed by atoms with Gasteiger partial charge in [-0.3, -0.25) is 4.79 Å². The molecule has 0 saturated heterocycles. The highest BCUT2D eigenvalue weighted by Gasteiger charge is 2.28. The van der Waals surface area contributed by atoms with Gasteiger partial charge in [0.25, 0.3) is 5.91 Å². The van der Waals surface area contributed by atoms with Crippen molar-refractivity contribution in [2.24, 2.45) is 16.2 Å². The number of carbonyl (C=O) groups is 1. The van der Waals surface area contributed by atoms with Gasteiger partial charge in [0.1, 0.15) is 13.0 Å². The second-order valence-corrected chi connectivity index (χ2v) is 2.52. The normalized spacial score (nSPS) is 23.6. The van der Waals surface area contributed by atoms with E-state index in [-0.39, 0.29) is 11.8 Å². The van der Waals surface area contributed by atoms with Crippen LogP contribution in [0.2, 0.25) is 0 Å². The summed E-state index contributed by atoms with van der Waals surface area (Å²) >= 11 is 0. The van der Waals surface area contributed by atoms with Gasteiger partial charge in [0.05, 0.1) is 5.71 Å². The first kappa shape index (κ1) is 8.70. The van der Waals surface area contributed by atoms with Crippen molar-refractivity contribution in [2.75, 3.05) is 14.2 Å². The molecular formula is C7H11N3O2. The molecule has 0 aromatic heterocycles. The fourth-order valence-corrected chi connectivity index (χ4v) is 0.976. The van der Waals surface area contributed by atoms with E-state index in [1.165, 1.54) is 12.1 Å². The minimum absolute atomic E-state index is 0.0756. The van der Waals surface area contributed by atoms with Crippen LogP contribution in [0.4, 0.5) is 0 Å². The summed E-state index contributed by atoms with van der Waals surface area (Å²) in [6, 6.07) is 0. The van der Waals surface area contributed by atoms with E-state index in [1.807, 2.05) is 0 Å². The van der Waals surface area contributed by atoms with E-state index in [1.54, 1.807) is 20.2 Å². The highest BCUT2D eigenvalue weighted by atomic mass is 16.6. The second-order valence-electron chi connectivity index (χ2n) is 2.52. The van der Waals surface area contributed by atoms with E-state index in [2.05, 4.69) is 15.1 Å². The molecule has 1 heterocycles. The van der Waals surface area contributed by atoms with Gasteiger partial charge in [0.15, 0.2) is 0 Å². The number of hydrogen-bond donors (Lipinski definition) is 0. The van der Waals surface area contributed by atoms with Crippen LogP contribution in [0, 0.1) is 5.92 Å². The third kappa shape index (κ3) is 1.44. The molecule has 0 radical (unpaired) electrons. The van der Waals surface area contributed by atoms with Crippen LogP contribution >= 0.6 is 0 Å². The predicted molar refractivity (Wildman–Crippen MR) is 44.9 cm³/mol. The molecule has 0 fully saturated rings. The predicted octanol–water partition coefficient (Wildman–Crippen LogP) is 0.0827. The van der Waals surface area contributed by atoms with E-state index in [4.69, 9.17) is 0 Å². The number of hydrogen-bond acceptors (Lipinski definition) is 4. The summed E-state index contributed by atoms with van der Waals surface area (Å²) in [6.07, 6.45) is 1.56. The molecule has 0 bridgehead atoms. The van der Waals surface area contributed by atoms with Gasteiger partial charge in [-0.05, 0) is 6.92 Å². The van der Waals surface area contributed by atoms with Crippen LogP contribution in [0.3, 0.4) is 0 Å². The van der Waals surface area contributed by atoms with Crippen LogP contribution in [-0.4, -0.2) is 37.0 Å². The van der Waals surface area contributed by atoms with Crippen LogP contribution in [0.15, 0.2) is 10.3 Å². The van der Waals surface area contributed by atoms with Gasteiger partial charge in [-0.1, -0.05) is 5.16 Å². The van der Waals surface area contributed by atoms with Gasteiger partial charge in [-0.2, -0.15) is 5.10 Å². The molecule has 12 heavy (non-hydrogen) atoms. The van der Waals surface area contributed by atoms with Crippen LogP contribution in [0.1, 0.15) is 6.92 Å². The molecule has 0 saturated carbocycles. The Morgan fingerprint density at radius 3 is 2.92 bits per heavy atom. The fraction of sp³-hybridized carbons (Fsp3) is 0.571. The minimum Gasteiger partial charge on any atom is -0.399 e. The first-order valence-electron chi connectivity index (χ1n) is 3.56. The zero-order chi connectivity index (χ0) is 9.14. The van der Waals surface area contributed by atoms with Crippen molar-refractivity contribution in [1.29, 1.82) is 0 Å². The molecule has 0 aromatic rings.